The molecule has 3 amide bonds. The molecule has 0 spiro atoms. The second-order valence-corrected chi connectivity index (χ2v) is 5.39. The molecule has 0 aromatic rings. The highest BCUT2D eigenvalue weighted by atomic mass is 16.4. The van der Waals surface area contributed by atoms with Crippen LogP contribution in [0.1, 0.15) is 25.7 Å². The van der Waals surface area contributed by atoms with Gasteiger partial charge in [-0.3, -0.25) is 9.69 Å². The highest BCUT2D eigenvalue weighted by Crippen LogP contribution is 2.29. The van der Waals surface area contributed by atoms with Gasteiger partial charge in [0.2, 0.25) is 5.91 Å². The summed E-state index contributed by atoms with van der Waals surface area (Å²) in [4.78, 5) is 35.7. The van der Waals surface area contributed by atoms with Crippen LogP contribution < -0.4 is 16.4 Å². The van der Waals surface area contributed by atoms with Gasteiger partial charge >= 0.3 is 12.0 Å². The summed E-state index contributed by atoms with van der Waals surface area (Å²) in [6.45, 7) is 1.75. The fourth-order valence-corrected chi connectivity index (χ4v) is 2.46. The summed E-state index contributed by atoms with van der Waals surface area (Å²) in [5, 5.41) is 13.9. The third-order valence-electron chi connectivity index (χ3n) is 3.63. The van der Waals surface area contributed by atoms with Crippen LogP contribution in [0.3, 0.4) is 0 Å². The molecule has 0 bridgehead atoms. The minimum Gasteiger partial charge on any atom is -0.480 e. The van der Waals surface area contributed by atoms with Crippen LogP contribution in [-0.2, 0) is 9.59 Å². The van der Waals surface area contributed by atoms with Crippen molar-refractivity contribution in [2.24, 2.45) is 5.73 Å². The summed E-state index contributed by atoms with van der Waals surface area (Å²) in [5.41, 5.74) is 4.95. The Morgan fingerprint density at radius 2 is 2.00 bits per heavy atom. The number of hydrogen-bond donors (Lipinski definition) is 4. The van der Waals surface area contributed by atoms with E-state index in [1.807, 2.05) is 0 Å². The molecule has 8 heteroatoms. The number of hydrogen-bond acceptors (Lipinski definition) is 4. The van der Waals surface area contributed by atoms with E-state index < -0.39 is 30.4 Å². The average Bonchev–Trinajstić information content (AvgIpc) is 3.09. The molecular formula is C12H20N4O4. The molecule has 5 N–H and O–H groups in total. The first-order valence-electron chi connectivity index (χ1n) is 6.78. The number of carbonyl (C=O) groups is 3. The molecule has 0 radical (unpaired) electrons. The standard InChI is InChI=1S/C12H20N4O4/c13-10(17)5-9(11(18)19)15-12(20)14-7-3-4-16(6-7)8-1-2-8/h7-9H,1-6H2,(H2,13,17)(H,18,19)(H2,14,15,20)/t7?,9-/m0/s1. The molecule has 2 rings (SSSR count). The molecule has 112 valence electrons. The van der Waals surface area contributed by atoms with E-state index in [2.05, 4.69) is 15.5 Å². The van der Waals surface area contributed by atoms with Crippen molar-refractivity contribution in [1.29, 1.82) is 0 Å². The van der Waals surface area contributed by atoms with Gasteiger partial charge in [-0.25, -0.2) is 9.59 Å². The van der Waals surface area contributed by atoms with E-state index in [4.69, 9.17) is 10.8 Å². The van der Waals surface area contributed by atoms with Crippen molar-refractivity contribution in [3.8, 4) is 0 Å². The fourth-order valence-electron chi connectivity index (χ4n) is 2.46. The van der Waals surface area contributed by atoms with Gasteiger partial charge in [0.15, 0.2) is 0 Å². The van der Waals surface area contributed by atoms with Gasteiger partial charge in [0.25, 0.3) is 0 Å². The number of amides is 3. The Morgan fingerprint density at radius 3 is 2.55 bits per heavy atom. The zero-order chi connectivity index (χ0) is 14.7. The van der Waals surface area contributed by atoms with Gasteiger partial charge in [-0.15, -0.1) is 0 Å². The Hall–Kier alpha value is -1.83. The van der Waals surface area contributed by atoms with E-state index in [9.17, 15) is 14.4 Å². The first kappa shape index (κ1) is 14.6. The van der Waals surface area contributed by atoms with Crippen LogP contribution in [0.15, 0.2) is 0 Å². The Balaban J connectivity index is 1.76. The minimum atomic E-state index is -1.28. The number of urea groups is 1. The number of nitrogens with zero attached hydrogens (tertiary/aromatic N) is 1. The zero-order valence-electron chi connectivity index (χ0n) is 11.2. The van der Waals surface area contributed by atoms with Crippen molar-refractivity contribution >= 4 is 17.9 Å². The topological polar surface area (TPSA) is 125 Å². The molecule has 1 saturated carbocycles. The van der Waals surface area contributed by atoms with Gasteiger partial charge in [-0.2, -0.15) is 0 Å². The second kappa shape index (κ2) is 6.08. The van der Waals surface area contributed by atoms with Gasteiger partial charge in [0, 0.05) is 25.2 Å². The van der Waals surface area contributed by atoms with Gasteiger partial charge in [-0.1, -0.05) is 0 Å². The molecule has 1 saturated heterocycles. The summed E-state index contributed by atoms with van der Waals surface area (Å²) in [7, 11) is 0. The largest absolute Gasteiger partial charge is 0.480 e. The lowest BCUT2D eigenvalue weighted by atomic mass is 10.2. The summed E-state index contributed by atoms with van der Waals surface area (Å²) < 4.78 is 0. The SMILES string of the molecule is NC(=O)C[C@H](NC(=O)NC1CCN(C2CC2)C1)C(=O)O. The third-order valence-corrected chi connectivity index (χ3v) is 3.63. The summed E-state index contributed by atoms with van der Waals surface area (Å²) >= 11 is 0. The molecule has 1 unspecified atom stereocenters. The molecular weight excluding hydrogens is 264 g/mol. The number of carboxylic acid groups (broad SMARTS) is 1. The molecule has 2 fully saturated rings. The molecule has 2 atom stereocenters. The molecule has 2 aliphatic rings. The van der Waals surface area contributed by atoms with E-state index in [0.717, 1.165) is 19.5 Å². The lowest BCUT2D eigenvalue weighted by molar-refractivity contribution is -0.140. The van der Waals surface area contributed by atoms with Crippen LogP contribution in [0.2, 0.25) is 0 Å². The van der Waals surface area contributed by atoms with E-state index in [-0.39, 0.29) is 6.04 Å². The number of aliphatic carboxylic acids is 1. The van der Waals surface area contributed by atoms with Crippen LogP contribution in [-0.4, -0.2) is 59.1 Å². The lowest BCUT2D eigenvalue weighted by Crippen LogP contribution is -2.50. The Bertz CT molecular complexity index is 410. The quantitative estimate of drug-likeness (QED) is 0.490. The van der Waals surface area contributed by atoms with Gasteiger partial charge in [0.1, 0.15) is 6.04 Å². The zero-order valence-corrected chi connectivity index (χ0v) is 11.2. The predicted octanol–water partition coefficient (Wildman–Crippen LogP) is -1.15. The molecule has 8 nitrogen and oxygen atoms in total. The Labute approximate surface area is 116 Å². The van der Waals surface area contributed by atoms with Crippen molar-refractivity contribution in [3.63, 3.8) is 0 Å². The molecule has 0 aromatic heterocycles. The van der Waals surface area contributed by atoms with Crippen LogP contribution in [0.4, 0.5) is 4.79 Å². The van der Waals surface area contributed by atoms with Crippen molar-refractivity contribution < 1.29 is 19.5 Å². The number of carbonyl (C=O) groups excluding carboxylic acids is 2. The average molecular weight is 284 g/mol. The lowest BCUT2D eigenvalue weighted by Gasteiger charge is -2.18. The Morgan fingerprint density at radius 1 is 1.30 bits per heavy atom. The summed E-state index contributed by atoms with van der Waals surface area (Å²) in [6.07, 6.45) is 2.89. The smallest absolute Gasteiger partial charge is 0.326 e. The first-order valence-corrected chi connectivity index (χ1v) is 6.78. The molecule has 1 aliphatic carbocycles. The predicted molar refractivity (Wildman–Crippen MR) is 69.9 cm³/mol. The van der Waals surface area contributed by atoms with E-state index in [1.54, 1.807) is 0 Å². The van der Waals surface area contributed by atoms with E-state index in [1.165, 1.54) is 12.8 Å². The normalized spacial score (nSPS) is 24.1. The fraction of sp³-hybridized carbons (Fsp3) is 0.750. The maximum absolute atomic E-state index is 11.7. The van der Waals surface area contributed by atoms with E-state index >= 15 is 0 Å². The molecule has 1 heterocycles. The summed E-state index contributed by atoms with van der Waals surface area (Å²) in [5.74, 6) is -2.04. The van der Waals surface area contributed by atoms with Crippen LogP contribution in [0, 0.1) is 0 Å². The van der Waals surface area contributed by atoms with Crippen molar-refractivity contribution in [2.45, 2.75) is 43.8 Å². The molecule has 1 aliphatic heterocycles. The van der Waals surface area contributed by atoms with E-state index in [0.29, 0.717) is 6.04 Å². The number of nitrogens with one attached hydrogen (secondary N) is 2. The maximum Gasteiger partial charge on any atom is 0.326 e. The number of likely N-dealkylation sites (tertiary alicyclic amines) is 1. The number of carboxylic acids is 1. The van der Waals surface area contributed by atoms with Crippen LogP contribution >= 0.6 is 0 Å². The van der Waals surface area contributed by atoms with Crippen LogP contribution in [0.5, 0.6) is 0 Å². The van der Waals surface area contributed by atoms with Crippen molar-refractivity contribution in [2.75, 3.05) is 13.1 Å². The molecule has 0 aromatic carbocycles. The maximum atomic E-state index is 11.7. The monoisotopic (exact) mass is 284 g/mol. The van der Waals surface area contributed by atoms with Crippen molar-refractivity contribution in [3.05, 3.63) is 0 Å². The minimum absolute atomic E-state index is 0.0265. The first-order chi connectivity index (χ1) is 9.45. The van der Waals surface area contributed by atoms with Gasteiger partial charge in [0.05, 0.1) is 6.42 Å². The highest BCUT2D eigenvalue weighted by molar-refractivity contribution is 5.87. The Kier molecular flexibility index (Phi) is 4.43. The number of nitrogens with two attached hydrogens (primary N) is 1. The number of primary amides is 1. The van der Waals surface area contributed by atoms with Gasteiger partial charge < -0.3 is 21.5 Å². The third kappa shape index (κ3) is 4.09. The van der Waals surface area contributed by atoms with Crippen molar-refractivity contribution in [1.82, 2.24) is 15.5 Å². The van der Waals surface area contributed by atoms with Crippen LogP contribution in [0.25, 0.3) is 0 Å². The van der Waals surface area contributed by atoms with Gasteiger partial charge in [-0.05, 0) is 19.3 Å². The highest BCUT2D eigenvalue weighted by Gasteiger charge is 2.35. The summed E-state index contributed by atoms with van der Waals surface area (Å²) in [6, 6.07) is -1.17. The molecule has 20 heavy (non-hydrogen) atoms. The second-order valence-electron chi connectivity index (χ2n) is 5.39. The number of rotatable bonds is 6.